The van der Waals surface area contributed by atoms with Crippen molar-refractivity contribution in [2.24, 2.45) is 5.92 Å². The van der Waals surface area contributed by atoms with Crippen molar-refractivity contribution in [1.29, 1.82) is 0 Å². The molecule has 1 aliphatic rings. The Labute approximate surface area is 114 Å². The van der Waals surface area contributed by atoms with Gasteiger partial charge in [0.25, 0.3) is 0 Å². The fourth-order valence-corrected chi connectivity index (χ4v) is 2.35. The second-order valence-corrected chi connectivity index (χ2v) is 4.97. The summed E-state index contributed by atoms with van der Waals surface area (Å²) in [5.74, 6) is 1.20. The van der Waals surface area contributed by atoms with Gasteiger partial charge in [-0.1, -0.05) is 13.3 Å². The SMILES string of the molecule is CCNc1nc(OC)nc(OC2CCCC(C)C2)n1. The lowest BCUT2D eigenvalue weighted by Crippen LogP contribution is -2.25. The number of aromatic nitrogens is 3. The van der Waals surface area contributed by atoms with Crippen LogP contribution in [0.1, 0.15) is 39.5 Å². The maximum absolute atomic E-state index is 5.87. The van der Waals surface area contributed by atoms with Gasteiger partial charge in [-0.3, -0.25) is 0 Å². The van der Waals surface area contributed by atoms with E-state index in [1.807, 2.05) is 6.92 Å². The van der Waals surface area contributed by atoms with Crippen LogP contribution in [-0.2, 0) is 0 Å². The van der Waals surface area contributed by atoms with Gasteiger partial charge in [-0.2, -0.15) is 9.97 Å². The lowest BCUT2D eigenvalue weighted by atomic mass is 9.89. The van der Waals surface area contributed by atoms with E-state index >= 15 is 0 Å². The third-order valence-corrected chi connectivity index (χ3v) is 3.27. The first-order valence-electron chi connectivity index (χ1n) is 6.91. The van der Waals surface area contributed by atoms with Crippen LogP contribution in [0.25, 0.3) is 0 Å². The summed E-state index contributed by atoms with van der Waals surface area (Å²) in [5, 5.41) is 3.05. The average Bonchev–Trinajstić information content (AvgIpc) is 2.39. The standard InChI is InChI=1S/C13H22N4O2/c1-4-14-11-15-12(18-3)17-13(16-11)19-10-7-5-6-9(2)8-10/h9-10H,4-8H2,1-3H3,(H,14,15,16,17). The largest absolute Gasteiger partial charge is 0.467 e. The highest BCUT2D eigenvalue weighted by Crippen LogP contribution is 2.26. The maximum Gasteiger partial charge on any atom is 0.324 e. The first kappa shape index (κ1) is 13.8. The van der Waals surface area contributed by atoms with E-state index in [2.05, 4.69) is 27.2 Å². The molecule has 6 nitrogen and oxygen atoms in total. The molecule has 106 valence electrons. The van der Waals surface area contributed by atoms with Crippen LogP contribution in [0.3, 0.4) is 0 Å². The van der Waals surface area contributed by atoms with E-state index in [4.69, 9.17) is 9.47 Å². The topological polar surface area (TPSA) is 69.2 Å². The van der Waals surface area contributed by atoms with Gasteiger partial charge in [0, 0.05) is 6.54 Å². The van der Waals surface area contributed by atoms with Crippen molar-refractivity contribution in [1.82, 2.24) is 15.0 Å². The quantitative estimate of drug-likeness (QED) is 0.881. The van der Waals surface area contributed by atoms with Crippen molar-refractivity contribution in [3.63, 3.8) is 0 Å². The zero-order valence-corrected chi connectivity index (χ0v) is 11.8. The summed E-state index contributed by atoms with van der Waals surface area (Å²) >= 11 is 0. The van der Waals surface area contributed by atoms with Crippen LogP contribution < -0.4 is 14.8 Å². The number of rotatable bonds is 5. The first-order chi connectivity index (χ1) is 9.21. The van der Waals surface area contributed by atoms with Crippen molar-refractivity contribution in [3.05, 3.63) is 0 Å². The molecular weight excluding hydrogens is 244 g/mol. The van der Waals surface area contributed by atoms with Crippen LogP contribution in [0.5, 0.6) is 12.0 Å². The van der Waals surface area contributed by atoms with E-state index in [-0.39, 0.29) is 12.1 Å². The van der Waals surface area contributed by atoms with E-state index in [1.54, 1.807) is 0 Å². The Morgan fingerprint density at radius 2 is 2.00 bits per heavy atom. The van der Waals surface area contributed by atoms with Gasteiger partial charge >= 0.3 is 12.0 Å². The molecule has 0 bridgehead atoms. The molecule has 0 radical (unpaired) electrons. The zero-order valence-electron chi connectivity index (χ0n) is 11.8. The molecule has 0 aliphatic heterocycles. The molecule has 1 aromatic rings. The molecular formula is C13H22N4O2. The fraction of sp³-hybridized carbons (Fsp3) is 0.769. The van der Waals surface area contributed by atoms with Crippen molar-refractivity contribution in [2.45, 2.75) is 45.6 Å². The highest BCUT2D eigenvalue weighted by atomic mass is 16.5. The predicted octanol–water partition coefficient (Wildman–Crippen LogP) is 2.27. The summed E-state index contributed by atoms with van der Waals surface area (Å²) in [6.07, 6.45) is 4.81. The van der Waals surface area contributed by atoms with Crippen molar-refractivity contribution in [2.75, 3.05) is 19.0 Å². The molecule has 2 unspecified atom stereocenters. The molecule has 0 saturated heterocycles. The summed E-state index contributed by atoms with van der Waals surface area (Å²) in [5.41, 5.74) is 0. The predicted molar refractivity (Wildman–Crippen MR) is 72.6 cm³/mol. The average molecular weight is 266 g/mol. The van der Waals surface area contributed by atoms with E-state index in [0.717, 1.165) is 19.4 Å². The van der Waals surface area contributed by atoms with Crippen molar-refractivity contribution < 1.29 is 9.47 Å². The molecule has 2 rings (SSSR count). The Bertz CT molecular complexity index is 414. The number of hydrogen-bond donors (Lipinski definition) is 1. The Morgan fingerprint density at radius 1 is 1.21 bits per heavy atom. The molecule has 1 N–H and O–H groups in total. The molecule has 1 aromatic heterocycles. The number of anilines is 1. The summed E-state index contributed by atoms with van der Waals surface area (Å²) in [4.78, 5) is 12.5. The molecule has 6 heteroatoms. The van der Waals surface area contributed by atoms with Gasteiger partial charge in [0.1, 0.15) is 6.10 Å². The maximum atomic E-state index is 5.87. The molecule has 1 heterocycles. The van der Waals surface area contributed by atoms with Crippen LogP contribution in [0, 0.1) is 5.92 Å². The number of ether oxygens (including phenoxy) is 2. The first-order valence-corrected chi connectivity index (χ1v) is 6.91. The number of nitrogens with zero attached hydrogens (tertiary/aromatic N) is 3. The van der Waals surface area contributed by atoms with Crippen LogP contribution in [0.2, 0.25) is 0 Å². The second-order valence-electron chi connectivity index (χ2n) is 4.97. The lowest BCUT2D eigenvalue weighted by Gasteiger charge is -2.26. The Balaban J connectivity index is 2.07. The van der Waals surface area contributed by atoms with Crippen LogP contribution in [0.4, 0.5) is 5.95 Å². The summed E-state index contributed by atoms with van der Waals surface area (Å²) in [6.45, 7) is 4.99. The minimum atomic E-state index is 0.199. The number of methoxy groups -OCH3 is 1. The number of nitrogens with one attached hydrogen (secondary N) is 1. The van der Waals surface area contributed by atoms with Gasteiger partial charge in [0.2, 0.25) is 5.95 Å². The molecule has 0 aromatic carbocycles. The second kappa shape index (κ2) is 6.54. The summed E-state index contributed by atoms with van der Waals surface area (Å²) in [7, 11) is 1.54. The summed E-state index contributed by atoms with van der Waals surface area (Å²) < 4.78 is 10.9. The highest BCUT2D eigenvalue weighted by molar-refractivity contribution is 5.27. The van der Waals surface area contributed by atoms with Gasteiger partial charge in [-0.15, -0.1) is 4.98 Å². The molecule has 19 heavy (non-hydrogen) atoms. The lowest BCUT2D eigenvalue weighted by molar-refractivity contribution is 0.117. The van der Waals surface area contributed by atoms with Gasteiger partial charge in [0.05, 0.1) is 7.11 Å². The monoisotopic (exact) mass is 266 g/mol. The Hall–Kier alpha value is -1.59. The van der Waals surface area contributed by atoms with E-state index in [0.29, 0.717) is 17.9 Å². The molecule has 2 atom stereocenters. The molecule has 1 aliphatic carbocycles. The molecule has 1 fully saturated rings. The van der Waals surface area contributed by atoms with Gasteiger partial charge < -0.3 is 14.8 Å². The third kappa shape index (κ3) is 3.94. The van der Waals surface area contributed by atoms with Crippen molar-refractivity contribution in [3.8, 4) is 12.0 Å². The Kier molecular flexibility index (Phi) is 4.76. The molecule has 0 amide bonds. The van der Waals surface area contributed by atoms with Gasteiger partial charge in [-0.25, -0.2) is 0 Å². The molecule has 1 saturated carbocycles. The van der Waals surface area contributed by atoms with Crippen molar-refractivity contribution >= 4 is 5.95 Å². The van der Waals surface area contributed by atoms with Crippen LogP contribution >= 0.6 is 0 Å². The van der Waals surface area contributed by atoms with E-state index in [9.17, 15) is 0 Å². The normalized spacial score (nSPS) is 22.9. The fourth-order valence-electron chi connectivity index (χ4n) is 2.35. The summed E-state index contributed by atoms with van der Waals surface area (Å²) in [6, 6.07) is 0.631. The smallest absolute Gasteiger partial charge is 0.324 e. The number of hydrogen-bond acceptors (Lipinski definition) is 6. The van der Waals surface area contributed by atoms with Gasteiger partial charge in [-0.05, 0) is 32.1 Å². The Morgan fingerprint density at radius 3 is 2.68 bits per heavy atom. The minimum absolute atomic E-state index is 0.199. The zero-order chi connectivity index (χ0) is 13.7. The highest BCUT2D eigenvalue weighted by Gasteiger charge is 2.21. The third-order valence-electron chi connectivity index (χ3n) is 3.27. The molecule has 0 spiro atoms. The van der Waals surface area contributed by atoms with Gasteiger partial charge in [0.15, 0.2) is 0 Å². The van der Waals surface area contributed by atoms with Crippen LogP contribution in [-0.4, -0.2) is 34.7 Å². The van der Waals surface area contributed by atoms with E-state index in [1.165, 1.54) is 20.0 Å². The van der Waals surface area contributed by atoms with E-state index < -0.39 is 0 Å². The minimum Gasteiger partial charge on any atom is -0.467 e. The van der Waals surface area contributed by atoms with Crippen LogP contribution in [0.15, 0.2) is 0 Å².